The summed E-state index contributed by atoms with van der Waals surface area (Å²) in [5, 5.41) is 0. The Morgan fingerprint density at radius 1 is 1.12 bits per heavy atom. The lowest BCUT2D eigenvalue weighted by Crippen LogP contribution is -2.41. The molecule has 0 atom stereocenters. The summed E-state index contributed by atoms with van der Waals surface area (Å²) in [7, 11) is 0. The zero-order chi connectivity index (χ0) is 12.1. The van der Waals surface area contributed by atoms with E-state index >= 15 is 0 Å². The van der Waals surface area contributed by atoms with Gasteiger partial charge in [0.1, 0.15) is 0 Å². The summed E-state index contributed by atoms with van der Waals surface area (Å²) in [5.41, 5.74) is 5.58. The molecule has 0 spiro atoms. The molecule has 1 amide bonds. The molecule has 2 fully saturated rings. The predicted octanol–water partition coefficient (Wildman–Crippen LogP) is 2.30. The van der Waals surface area contributed by atoms with Crippen LogP contribution in [0.3, 0.4) is 0 Å². The number of hydrogen-bond acceptors (Lipinski definition) is 2. The van der Waals surface area contributed by atoms with Crippen molar-refractivity contribution >= 4 is 5.91 Å². The Balaban J connectivity index is 1.85. The van der Waals surface area contributed by atoms with E-state index < -0.39 is 0 Å². The first-order valence-electron chi connectivity index (χ1n) is 7.31. The summed E-state index contributed by atoms with van der Waals surface area (Å²) in [5.74, 6) is 1.08. The van der Waals surface area contributed by atoms with E-state index in [9.17, 15) is 4.79 Å². The van der Waals surface area contributed by atoms with Crippen molar-refractivity contribution in [1.29, 1.82) is 0 Å². The van der Waals surface area contributed by atoms with Gasteiger partial charge in [0.25, 0.3) is 0 Å². The Bertz CT molecular complexity index is 245. The van der Waals surface area contributed by atoms with Crippen LogP contribution in [-0.2, 0) is 4.79 Å². The maximum atomic E-state index is 12.3. The highest BCUT2D eigenvalue weighted by molar-refractivity contribution is 5.77. The first kappa shape index (κ1) is 12.9. The van der Waals surface area contributed by atoms with Crippen LogP contribution in [0.1, 0.15) is 57.8 Å². The molecule has 0 unspecified atom stereocenters. The minimum Gasteiger partial charge on any atom is -0.340 e. The van der Waals surface area contributed by atoms with Gasteiger partial charge in [0.15, 0.2) is 0 Å². The molecule has 0 aromatic heterocycles. The number of carbonyl (C=O) groups is 1. The van der Waals surface area contributed by atoms with Gasteiger partial charge in [-0.3, -0.25) is 4.79 Å². The molecule has 2 aliphatic carbocycles. The van der Waals surface area contributed by atoms with Crippen molar-refractivity contribution in [2.75, 3.05) is 13.1 Å². The van der Waals surface area contributed by atoms with Crippen LogP contribution in [0, 0.1) is 5.92 Å². The normalized spacial score (nSPS) is 21.5. The van der Waals surface area contributed by atoms with Crippen LogP contribution < -0.4 is 5.73 Å². The van der Waals surface area contributed by atoms with E-state index in [1.807, 2.05) is 0 Å². The number of amides is 1. The van der Waals surface area contributed by atoms with Gasteiger partial charge >= 0.3 is 0 Å². The van der Waals surface area contributed by atoms with Crippen LogP contribution in [0.5, 0.6) is 0 Å². The molecule has 0 bridgehead atoms. The highest BCUT2D eigenvalue weighted by Gasteiger charge is 2.29. The zero-order valence-corrected chi connectivity index (χ0v) is 10.9. The fourth-order valence-electron chi connectivity index (χ4n) is 3.05. The second-order valence-corrected chi connectivity index (χ2v) is 5.67. The summed E-state index contributed by atoms with van der Waals surface area (Å²) in [6, 6.07) is 0.522. The van der Waals surface area contributed by atoms with Gasteiger partial charge in [-0.2, -0.15) is 0 Å². The third kappa shape index (κ3) is 3.44. The Morgan fingerprint density at radius 3 is 2.35 bits per heavy atom. The number of hydrogen-bond donors (Lipinski definition) is 1. The fourth-order valence-corrected chi connectivity index (χ4v) is 3.05. The average molecular weight is 238 g/mol. The molecule has 2 N–H and O–H groups in total. The number of rotatable bonds is 6. The molecule has 2 saturated carbocycles. The van der Waals surface area contributed by atoms with Gasteiger partial charge in [0, 0.05) is 19.0 Å². The van der Waals surface area contributed by atoms with Gasteiger partial charge in [0.05, 0.1) is 0 Å². The highest BCUT2D eigenvalue weighted by Crippen LogP contribution is 2.31. The maximum Gasteiger partial charge on any atom is 0.223 e. The maximum absolute atomic E-state index is 12.3. The van der Waals surface area contributed by atoms with Gasteiger partial charge in [-0.15, -0.1) is 0 Å². The summed E-state index contributed by atoms with van der Waals surface area (Å²) in [6.07, 6.45) is 10.6. The molecule has 98 valence electrons. The molecule has 0 heterocycles. The quantitative estimate of drug-likeness (QED) is 0.771. The minimum absolute atomic E-state index is 0.398. The first-order chi connectivity index (χ1) is 8.31. The SMILES string of the molecule is NCCCN(C(=O)CC1CCC1)C1CCCC1. The summed E-state index contributed by atoms with van der Waals surface area (Å²) in [4.78, 5) is 14.5. The Morgan fingerprint density at radius 2 is 1.82 bits per heavy atom. The molecule has 0 aliphatic heterocycles. The number of nitrogens with two attached hydrogens (primary N) is 1. The first-order valence-corrected chi connectivity index (χ1v) is 7.31. The number of nitrogens with zero attached hydrogens (tertiary/aromatic N) is 1. The van der Waals surface area contributed by atoms with Gasteiger partial charge < -0.3 is 10.6 Å². The topological polar surface area (TPSA) is 46.3 Å². The smallest absolute Gasteiger partial charge is 0.223 e. The van der Waals surface area contributed by atoms with Crippen molar-refractivity contribution in [1.82, 2.24) is 4.90 Å². The van der Waals surface area contributed by atoms with Crippen LogP contribution in [0.4, 0.5) is 0 Å². The zero-order valence-electron chi connectivity index (χ0n) is 10.9. The molecular weight excluding hydrogens is 212 g/mol. The van der Waals surface area contributed by atoms with E-state index in [4.69, 9.17) is 5.73 Å². The minimum atomic E-state index is 0.398. The molecule has 0 saturated heterocycles. The van der Waals surface area contributed by atoms with Crippen molar-refractivity contribution < 1.29 is 4.79 Å². The highest BCUT2D eigenvalue weighted by atomic mass is 16.2. The Kier molecular flexibility index (Phi) is 4.84. The molecule has 3 nitrogen and oxygen atoms in total. The largest absolute Gasteiger partial charge is 0.340 e. The van der Waals surface area contributed by atoms with E-state index in [1.165, 1.54) is 44.9 Å². The summed E-state index contributed by atoms with van der Waals surface area (Å²) in [6.45, 7) is 1.58. The Hall–Kier alpha value is -0.570. The third-order valence-electron chi connectivity index (χ3n) is 4.38. The number of carbonyl (C=O) groups excluding carboxylic acids is 1. The molecule has 0 radical (unpaired) electrons. The Labute approximate surface area is 105 Å². The van der Waals surface area contributed by atoms with Crippen LogP contribution >= 0.6 is 0 Å². The van der Waals surface area contributed by atoms with E-state index in [0.717, 1.165) is 19.4 Å². The van der Waals surface area contributed by atoms with Gasteiger partial charge in [-0.1, -0.05) is 19.3 Å². The van der Waals surface area contributed by atoms with Crippen LogP contribution in [-0.4, -0.2) is 29.9 Å². The van der Waals surface area contributed by atoms with E-state index in [2.05, 4.69) is 4.90 Å². The van der Waals surface area contributed by atoms with Gasteiger partial charge in [-0.05, 0) is 44.6 Å². The van der Waals surface area contributed by atoms with Crippen molar-refractivity contribution in [2.45, 2.75) is 63.8 Å². The molecule has 2 aliphatic rings. The lowest BCUT2D eigenvalue weighted by atomic mass is 9.82. The van der Waals surface area contributed by atoms with Crippen LogP contribution in [0.15, 0.2) is 0 Å². The van der Waals surface area contributed by atoms with Crippen molar-refractivity contribution in [3.05, 3.63) is 0 Å². The second kappa shape index (κ2) is 6.39. The second-order valence-electron chi connectivity index (χ2n) is 5.67. The van der Waals surface area contributed by atoms with E-state index in [-0.39, 0.29) is 0 Å². The summed E-state index contributed by atoms with van der Waals surface area (Å²) >= 11 is 0. The third-order valence-corrected chi connectivity index (χ3v) is 4.38. The monoisotopic (exact) mass is 238 g/mol. The molecular formula is C14H26N2O. The fraction of sp³-hybridized carbons (Fsp3) is 0.929. The molecule has 3 heteroatoms. The van der Waals surface area contributed by atoms with E-state index in [1.54, 1.807) is 0 Å². The van der Waals surface area contributed by atoms with Crippen molar-refractivity contribution in [3.63, 3.8) is 0 Å². The summed E-state index contributed by atoms with van der Waals surface area (Å²) < 4.78 is 0. The molecule has 0 aromatic rings. The lowest BCUT2D eigenvalue weighted by molar-refractivity contribution is -0.135. The van der Waals surface area contributed by atoms with Crippen molar-refractivity contribution in [3.8, 4) is 0 Å². The van der Waals surface area contributed by atoms with Crippen LogP contribution in [0.25, 0.3) is 0 Å². The standard InChI is InChI=1S/C14H26N2O/c15-9-4-10-16(13-7-1-2-8-13)14(17)11-12-5-3-6-12/h12-13H,1-11,15H2. The molecule has 17 heavy (non-hydrogen) atoms. The van der Waals surface area contributed by atoms with Gasteiger partial charge in [0.2, 0.25) is 5.91 Å². The van der Waals surface area contributed by atoms with Gasteiger partial charge in [-0.25, -0.2) is 0 Å². The molecule has 2 rings (SSSR count). The lowest BCUT2D eigenvalue weighted by Gasteiger charge is -2.32. The predicted molar refractivity (Wildman–Crippen MR) is 69.6 cm³/mol. The van der Waals surface area contributed by atoms with Crippen molar-refractivity contribution in [2.24, 2.45) is 11.7 Å². The average Bonchev–Trinajstić information content (AvgIpc) is 2.77. The molecule has 0 aromatic carbocycles. The van der Waals surface area contributed by atoms with Crippen LogP contribution in [0.2, 0.25) is 0 Å². The van der Waals surface area contributed by atoms with E-state index in [0.29, 0.717) is 24.4 Å².